The number of hydrogen-bond acceptors (Lipinski definition) is 2. The Balaban J connectivity index is 3.59. The third-order valence-electron chi connectivity index (χ3n) is 1.01. The van der Waals surface area contributed by atoms with Gasteiger partial charge in [0, 0.05) is 5.54 Å². The number of rotatable bonds is 3. The van der Waals surface area contributed by atoms with Crippen molar-refractivity contribution in [1.82, 2.24) is 0 Å². The van der Waals surface area contributed by atoms with E-state index in [0.29, 0.717) is 6.42 Å². The molecular weight excluding hydrogens is 114 g/mol. The monoisotopic (exact) mass is 129 g/mol. The Labute approximate surface area is 56.4 Å². The molecular formula is C7H15NO. The van der Waals surface area contributed by atoms with Crippen molar-refractivity contribution in [2.24, 2.45) is 5.73 Å². The molecule has 0 aromatic carbocycles. The summed E-state index contributed by atoms with van der Waals surface area (Å²) in [6.45, 7) is 7.19. The molecule has 0 aromatic heterocycles. The molecule has 0 aliphatic carbocycles. The van der Waals surface area contributed by atoms with E-state index in [2.05, 4.69) is 6.58 Å². The van der Waals surface area contributed by atoms with Crippen molar-refractivity contribution in [3.63, 3.8) is 0 Å². The lowest BCUT2D eigenvalue weighted by Crippen LogP contribution is -2.35. The Morgan fingerprint density at radius 3 is 2.33 bits per heavy atom. The van der Waals surface area contributed by atoms with Crippen LogP contribution in [-0.2, 0) is 0 Å². The fourth-order valence-corrected chi connectivity index (χ4v) is 0.622. The van der Waals surface area contributed by atoms with Crippen molar-refractivity contribution in [2.75, 3.05) is 0 Å². The van der Waals surface area contributed by atoms with Gasteiger partial charge in [0.1, 0.15) is 0 Å². The van der Waals surface area contributed by atoms with E-state index in [1.165, 1.54) is 6.08 Å². The summed E-state index contributed by atoms with van der Waals surface area (Å²) in [4.78, 5) is 0. The molecule has 0 saturated heterocycles. The van der Waals surface area contributed by atoms with Gasteiger partial charge in [-0.2, -0.15) is 0 Å². The zero-order valence-corrected chi connectivity index (χ0v) is 6.09. The van der Waals surface area contributed by atoms with E-state index in [1.54, 1.807) is 0 Å². The second-order valence-electron chi connectivity index (χ2n) is 3.00. The third-order valence-corrected chi connectivity index (χ3v) is 1.01. The average Bonchev–Trinajstić information content (AvgIpc) is 1.62. The first kappa shape index (κ1) is 8.66. The van der Waals surface area contributed by atoms with Crippen molar-refractivity contribution in [3.8, 4) is 0 Å². The number of hydrogen-bond donors (Lipinski definition) is 2. The molecule has 0 fully saturated rings. The standard InChI is InChI=1S/C7H15NO/c1-4-6(9)5-7(2,3)8/h4,6,9H,1,5,8H2,2-3H3. The lowest BCUT2D eigenvalue weighted by Gasteiger charge is -2.19. The summed E-state index contributed by atoms with van der Waals surface area (Å²) >= 11 is 0. The molecule has 0 spiro atoms. The summed E-state index contributed by atoms with van der Waals surface area (Å²) < 4.78 is 0. The van der Waals surface area contributed by atoms with Gasteiger partial charge in [0.25, 0.3) is 0 Å². The predicted octanol–water partition coefficient (Wildman–Crippen LogP) is 0.661. The Morgan fingerprint density at radius 1 is 1.78 bits per heavy atom. The highest BCUT2D eigenvalue weighted by Gasteiger charge is 2.13. The van der Waals surface area contributed by atoms with E-state index in [1.807, 2.05) is 13.8 Å². The zero-order valence-electron chi connectivity index (χ0n) is 6.09. The van der Waals surface area contributed by atoms with Gasteiger partial charge in [-0.15, -0.1) is 6.58 Å². The minimum atomic E-state index is -0.468. The molecule has 3 N–H and O–H groups in total. The van der Waals surface area contributed by atoms with Crippen molar-refractivity contribution in [2.45, 2.75) is 31.9 Å². The van der Waals surface area contributed by atoms with Crippen LogP contribution in [0.15, 0.2) is 12.7 Å². The summed E-state index contributed by atoms with van der Waals surface area (Å²) in [5.41, 5.74) is 5.31. The van der Waals surface area contributed by atoms with Gasteiger partial charge >= 0.3 is 0 Å². The summed E-state index contributed by atoms with van der Waals surface area (Å²) in [5, 5.41) is 9.00. The van der Waals surface area contributed by atoms with Crippen LogP contribution in [0.25, 0.3) is 0 Å². The maximum Gasteiger partial charge on any atom is 0.0735 e. The fourth-order valence-electron chi connectivity index (χ4n) is 0.622. The molecule has 1 atom stereocenters. The molecule has 9 heavy (non-hydrogen) atoms. The van der Waals surface area contributed by atoms with Crippen molar-refractivity contribution >= 4 is 0 Å². The van der Waals surface area contributed by atoms with E-state index in [4.69, 9.17) is 10.8 Å². The zero-order chi connectivity index (χ0) is 7.49. The first-order valence-corrected chi connectivity index (χ1v) is 3.05. The van der Waals surface area contributed by atoms with Crippen LogP contribution in [-0.4, -0.2) is 16.7 Å². The minimum Gasteiger partial charge on any atom is -0.389 e. The molecule has 0 heterocycles. The second-order valence-corrected chi connectivity index (χ2v) is 3.00. The quantitative estimate of drug-likeness (QED) is 0.550. The van der Waals surface area contributed by atoms with Crippen LogP contribution in [0.1, 0.15) is 20.3 Å². The van der Waals surface area contributed by atoms with Crippen LogP contribution in [0, 0.1) is 0 Å². The predicted molar refractivity (Wildman–Crippen MR) is 39.1 cm³/mol. The van der Waals surface area contributed by atoms with E-state index in [-0.39, 0.29) is 5.54 Å². The largest absolute Gasteiger partial charge is 0.389 e. The Kier molecular flexibility index (Phi) is 2.88. The van der Waals surface area contributed by atoms with Crippen LogP contribution < -0.4 is 5.73 Å². The SMILES string of the molecule is C=CC(O)CC(C)(C)N. The first-order chi connectivity index (χ1) is 3.95. The van der Waals surface area contributed by atoms with Gasteiger partial charge in [-0.05, 0) is 20.3 Å². The number of aliphatic hydroxyl groups excluding tert-OH is 1. The highest BCUT2D eigenvalue weighted by Crippen LogP contribution is 2.07. The molecule has 2 nitrogen and oxygen atoms in total. The molecule has 1 unspecified atom stereocenters. The molecule has 2 heteroatoms. The highest BCUT2D eigenvalue weighted by molar-refractivity contribution is 4.85. The van der Waals surface area contributed by atoms with E-state index in [0.717, 1.165) is 0 Å². The Morgan fingerprint density at radius 2 is 2.22 bits per heavy atom. The summed E-state index contributed by atoms with van der Waals surface area (Å²) in [6.07, 6.45) is 1.59. The van der Waals surface area contributed by atoms with E-state index in [9.17, 15) is 0 Å². The Hall–Kier alpha value is -0.340. The topological polar surface area (TPSA) is 46.2 Å². The van der Waals surface area contributed by atoms with Gasteiger partial charge in [0.2, 0.25) is 0 Å². The molecule has 0 aromatic rings. The van der Waals surface area contributed by atoms with Crippen LogP contribution in [0.4, 0.5) is 0 Å². The minimum absolute atomic E-state index is 0.298. The van der Waals surface area contributed by atoms with Crippen LogP contribution in [0.2, 0.25) is 0 Å². The summed E-state index contributed by atoms with van der Waals surface area (Å²) in [7, 11) is 0. The van der Waals surface area contributed by atoms with Crippen LogP contribution >= 0.6 is 0 Å². The summed E-state index contributed by atoms with van der Waals surface area (Å²) in [6, 6.07) is 0. The highest BCUT2D eigenvalue weighted by atomic mass is 16.3. The van der Waals surface area contributed by atoms with Crippen LogP contribution in [0.5, 0.6) is 0 Å². The molecule has 0 amide bonds. The van der Waals surface area contributed by atoms with Crippen LogP contribution in [0.3, 0.4) is 0 Å². The maximum absolute atomic E-state index is 9.00. The molecule has 0 bridgehead atoms. The second kappa shape index (κ2) is 2.99. The number of aliphatic hydroxyl groups is 1. The molecule has 0 radical (unpaired) electrons. The first-order valence-electron chi connectivity index (χ1n) is 3.05. The third kappa shape index (κ3) is 5.53. The van der Waals surface area contributed by atoms with Gasteiger partial charge in [-0.25, -0.2) is 0 Å². The molecule has 0 aliphatic rings. The van der Waals surface area contributed by atoms with Gasteiger partial charge < -0.3 is 10.8 Å². The molecule has 0 saturated carbocycles. The van der Waals surface area contributed by atoms with Gasteiger partial charge in [0.15, 0.2) is 0 Å². The Bertz CT molecular complexity index is 93.6. The normalized spacial score (nSPS) is 15.1. The lowest BCUT2D eigenvalue weighted by molar-refractivity contribution is 0.185. The average molecular weight is 129 g/mol. The smallest absolute Gasteiger partial charge is 0.0735 e. The number of nitrogens with two attached hydrogens (primary N) is 1. The van der Waals surface area contributed by atoms with E-state index < -0.39 is 6.10 Å². The van der Waals surface area contributed by atoms with Gasteiger partial charge in [-0.1, -0.05) is 6.08 Å². The van der Waals surface area contributed by atoms with Gasteiger partial charge in [0.05, 0.1) is 6.10 Å². The van der Waals surface area contributed by atoms with Gasteiger partial charge in [-0.3, -0.25) is 0 Å². The molecule has 0 aliphatic heterocycles. The van der Waals surface area contributed by atoms with Crippen molar-refractivity contribution in [3.05, 3.63) is 12.7 Å². The lowest BCUT2D eigenvalue weighted by atomic mass is 9.98. The molecule has 0 rings (SSSR count). The van der Waals surface area contributed by atoms with E-state index >= 15 is 0 Å². The summed E-state index contributed by atoms with van der Waals surface area (Å²) in [5.74, 6) is 0. The maximum atomic E-state index is 9.00. The van der Waals surface area contributed by atoms with Crippen molar-refractivity contribution < 1.29 is 5.11 Å². The molecule has 54 valence electrons. The fraction of sp³-hybridized carbons (Fsp3) is 0.714. The van der Waals surface area contributed by atoms with Crippen molar-refractivity contribution in [1.29, 1.82) is 0 Å².